The van der Waals surface area contributed by atoms with Crippen molar-refractivity contribution in [3.8, 4) is 0 Å². The summed E-state index contributed by atoms with van der Waals surface area (Å²) in [4.78, 5) is 27.6. The van der Waals surface area contributed by atoms with Crippen LogP contribution in [0.2, 0.25) is 0 Å². The summed E-state index contributed by atoms with van der Waals surface area (Å²) in [5.74, 6) is 2.36. The van der Waals surface area contributed by atoms with Gasteiger partial charge in [0.1, 0.15) is 11.6 Å². The minimum atomic E-state index is -0.685. The Morgan fingerprint density at radius 1 is 1.35 bits per heavy atom. The molecule has 20 heavy (non-hydrogen) atoms. The van der Waals surface area contributed by atoms with E-state index in [1.165, 1.54) is 0 Å². The lowest BCUT2D eigenvalue weighted by molar-refractivity contribution is -0.159. The number of carbonyl (C=O) groups excluding carboxylic acids is 2. The van der Waals surface area contributed by atoms with E-state index in [9.17, 15) is 9.59 Å². The van der Waals surface area contributed by atoms with E-state index in [2.05, 4.69) is 5.32 Å². The molecule has 4 nitrogen and oxygen atoms in total. The highest BCUT2D eigenvalue weighted by molar-refractivity contribution is 7.99. The Labute approximate surface area is 126 Å². The molecule has 0 radical (unpaired) electrons. The molecule has 2 fully saturated rings. The molecular weight excluding hydrogens is 272 g/mol. The van der Waals surface area contributed by atoms with E-state index in [1.54, 1.807) is 0 Å². The number of nitrogens with zero attached hydrogens (tertiary/aromatic N) is 1. The standard InChI is InChI=1S/C15H26N2O2S/c1-5-15(6-2)14(19)17(11-7-8-20-9-11)12(10(3)4)13(18)16-15/h10-12H,5-9H2,1-4H3,(H,16,18). The summed E-state index contributed by atoms with van der Waals surface area (Å²) in [5, 5.41) is 3.03. The predicted octanol–water partition coefficient (Wildman–Crippen LogP) is 2.03. The van der Waals surface area contributed by atoms with Gasteiger partial charge in [-0.2, -0.15) is 11.8 Å². The fourth-order valence-electron chi connectivity index (χ4n) is 3.35. The number of hydrogen-bond acceptors (Lipinski definition) is 3. The first-order chi connectivity index (χ1) is 9.46. The zero-order chi connectivity index (χ0) is 14.9. The molecule has 2 aliphatic rings. The van der Waals surface area contributed by atoms with Gasteiger partial charge in [-0.3, -0.25) is 9.59 Å². The van der Waals surface area contributed by atoms with E-state index >= 15 is 0 Å². The number of amides is 2. The SMILES string of the molecule is CCC1(CC)NC(=O)C(C(C)C)N(C2CCSC2)C1=O. The minimum absolute atomic E-state index is 0.0280. The first-order valence-corrected chi connectivity index (χ1v) is 8.84. The normalized spacial score (nSPS) is 29.9. The molecular formula is C15H26N2O2S. The van der Waals surface area contributed by atoms with Crippen molar-refractivity contribution in [2.45, 2.75) is 64.6 Å². The highest BCUT2D eigenvalue weighted by atomic mass is 32.2. The van der Waals surface area contributed by atoms with Gasteiger partial charge in [-0.1, -0.05) is 27.7 Å². The molecule has 114 valence electrons. The molecule has 2 amide bonds. The smallest absolute Gasteiger partial charge is 0.249 e. The number of hydrogen-bond donors (Lipinski definition) is 1. The summed E-state index contributed by atoms with van der Waals surface area (Å²) < 4.78 is 0. The Hall–Kier alpha value is -0.710. The molecule has 0 aromatic rings. The molecule has 0 saturated carbocycles. The van der Waals surface area contributed by atoms with Crippen molar-refractivity contribution in [1.82, 2.24) is 10.2 Å². The van der Waals surface area contributed by atoms with Crippen LogP contribution >= 0.6 is 11.8 Å². The average molecular weight is 298 g/mol. The summed E-state index contributed by atoms with van der Waals surface area (Å²) in [6.45, 7) is 8.02. The summed E-state index contributed by atoms with van der Waals surface area (Å²) in [7, 11) is 0. The lowest BCUT2D eigenvalue weighted by Crippen LogP contribution is -2.72. The van der Waals surface area contributed by atoms with Gasteiger partial charge < -0.3 is 10.2 Å². The van der Waals surface area contributed by atoms with Gasteiger partial charge in [0.05, 0.1) is 0 Å². The van der Waals surface area contributed by atoms with Gasteiger partial charge in [0.25, 0.3) is 0 Å². The molecule has 0 bridgehead atoms. The largest absolute Gasteiger partial charge is 0.340 e. The van der Waals surface area contributed by atoms with E-state index in [0.29, 0.717) is 12.8 Å². The third-order valence-electron chi connectivity index (χ3n) is 4.71. The summed E-state index contributed by atoms with van der Waals surface area (Å²) >= 11 is 1.88. The quantitative estimate of drug-likeness (QED) is 0.864. The van der Waals surface area contributed by atoms with Crippen LogP contribution in [0.15, 0.2) is 0 Å². The fraction of sp³-hybridized carbons (Fsp3) is 0.867. The summed E-state index contributed by atoms with van der Waals surface area (Å²) in [5.41, 5.74) is -0.685. The third kappa shape index (κ3) is 2.45. The maximum absolute atomic E-state index is 13.1. The van der Waals surface area contributed by atoms with Gasteiger partial charge in [0, 0.05) is 11.8 Å². The number of carbonyl (C=O) groups is 2. The predicted molar refractivity (Wildman–Crippen MR) is 82.7 cm³/mol. The first kappa shape index (κ1) is 15.7. The van der Waals surface area contributed by atoms with Crippen LogP contribution in [0.3, 0.4) is 0 Å². The Morgan fingerprint density at radius 3 is 2.45 bits per heavy atom. The highest BCUT2D eigenvalue weighted by Crippen LogP contribution is 2.33. The fourth-order valence-corrected chi connectivity index (χ4v) is 4.56. The molecule has 2 heterocycles. The first-order valence-electron chi connectivity index (χ1n) is 7.69. The minimum Gasteiger partial charge on any atom is -0.340 e. The van der Waals surface area contributed by atoms with E-state index in [4.69, 9.17) is 0 Å². The monoisotopic (exact) mass is 298 g/mol. The van der Waals surface area contributed by atoms with Crippen molar-refractivity contribution in [2.24, 2.45) is 5.92 Å². The molecule has 2 aliphatic heterocycles. The number of nitrogens with one attached hydrogen (secondary N) is 1. The molecule has 0 aliphatic carbocycles. The highest BCUT2D eigenvalue weighted by Gasteiger charge is 2.51. The van der Waals surface area contributed by atoms with Crippen LogP contribution in [0.25, 0.3) is 0 Å². The molecule has 2 atom stereocenters. The molecule has 0 aromatic carbocycles. The van der Waals surface area contributed by atoms with Crippen LogP contribution in [0, 0.1) is 5.92 Å². The van der Waals surface area contributed by atoms with Crippen molar-refractivity contribution >= 4 is 23.6 Å². The van der Waals surface area contributed by atoms with Crippen molar-refractivity contribution < 1.29 is 9.59 Å². The number of thioether (sulfide) groups is 1. The Bertz CT molecular complexity index is 387. The van der Waals surface area contributed by atoms with E-state index in [1.807, 2.05) is 44.4 Å². The van der Waals surface area contributed by atoms with Crippen LogP contribution in [0.4, 0.5) is 0 Å². The molecule has 0 spiro atoms. The Morgan fingerprint density at radius 2 is 2.00 bits per heavy atom. The van der Waals surface area contributed by atoms with E-state index in [0.717, 1.165) is 17.9 Å². The second-order valence-corrected chi connectivity index (χ2v) is 7.35. The Balaban J connectivity index is 2.38. The van der Waals surface area contributed by atoms with Crippen LogP contribution in [-0.4, -0.2) is 45.8 Å². The zero-order valence-electron chi connectivity index (χ0n) is 12.9. The lowest BCUT2D eigenvalue weighted by Gasteiger charge is -2.49. The van der Waals surface area contributed by atoms with Crippen molar-refractivity contribution in [3.63, 3.8) is 0 Å². The van der Waals surface area contributed by atoms with Gasteiger partial charge in [0.15, 0.2) is 0 Å². The van der Waals surface area contributed by atoms with Crippen LogP contribution in [0.5, 0.6) is 0 Å². The van der Waals surface area contributed by atoms with Gasteiger partial charge in [-0.05, 0) is 30.9 Å². The van der Waals surface area contributed by atoms with Gasteiger partial charge in [-0.25, -0.2) is 0 Å². The Kier molecular flexibility index (Phi) is 4.67. The molecule has 5 heteroatoms. The van der Waals surface area contributed by atoms with Crippen LogP contribution in [0.1, 0.15) is 47.0 Å². The van der Waals surface area contributed by atoms with Crippen molar-refractivity contribution in [1.29, 1.82) is 0 Å². The van der Waals surface area contributed by atoms with Gasteiger partial charge in [-0.15, -0.1) is 0 Å². The van der Waals surface area contributed by atoms with Gasteiger partial charge >= 0.3 is 0 Å². The number of rotatable bonds is 4. The van der Waals surface area contributed by atoms with Crippen LogP contribution in [-0.2, 0) is 9.59 Å². The van der Waals surface area contributed by atoms with E-state index in [-0.39, 0.29) is 29.8 Å². The molecule has 2 saturated heterocycles. The maximum atomic E-state index is 13.1. The maximum Gasteiger partial charge on any atom is 0.249 e. The summed E-state index contributed by atoms with van der Waals surface area (Å²) in [6.07, 6.45) is 2.33. The van der Waals surface area contributed by atoms with Crippen molar-refractivity contribution in [2.75, 3.05) is 11.5 Å². The molecule has 1 N–H and O–H groups in total. The molecule has 0 aromatic heterocycles. The second kappa shape index (κ2) is 5.96. The van der Waals surface area contributed by atoms with E-state index < -0.39 is 5.54 Å². The number of piperazine rings is 1. The third-order valence-corrected chi connectivity index (χ3v) is 5.86. The molecule has 2 unspecified atom stereocenters. The molecule has 2 rings (SSSR count). The van der Waals surface area contributed by atoms with Crippen LogP contribution < -0.4 is 5.32 Å². The van der Waals surface area contributed by atoms with Crippen molar-refractivity contribution in [3.05, 3.63) is 0 Å². The van der Waals surface area contributed by atoms with Gasteiger partial charge in [0.2, 0.25) is 11.8 Å². The summed E-state index contributed by atoms with van der Waals surface area (Å²) in [6, 6.07) is -0.0825. The second-order valence-electron chi connectivity index (χ2n) is 6.20. The average Bonchev–Trinajstić information content (AvgIpc) is 2.93. The topological polar surface area (TPSA) is 49.4 Å². The zero-order valence-corrected chi connectivity index (χ0v) is 13.8. The lowest BCUT2D eigenvalue weighted by atomic mass is 9.84.